The molecule has 8 heteroatoms. The van der Waals surface area contributed by atoms with Crippen molar-refractivity contribution in [3.05, 3.63) is 39.3 Å². The van der Waals surface area contributed by atoms with Crippen LogP contribution in [0.1, 0.15) is 23.3 Å². The molecule has 0 saturated carbocycles. The molecule has 0 bridgehead atoms. The molecule has 1 aromatic heterocycles. The summed E-state index contributed by atoms with van der Waals surface area (Å²) in [5, 5.41) is 6.26. The Hall–Kier alpha value is -0.850. The van der Waals surface area contributed by atoms with Crippen molar-refractivity contribution in [2.75, 3.05) is 13.1 Å². The summed E-state index contributed by atoms with van der Waals surface area (Å²) in [5.74, 6) is -0.172. The van der Waals surface area contributed by atoms with Gasteiger partial charge >= 0.3 is 0 Å². The molecule has 0 radical (unpaired) electrons. The maximum atomic E-state index is 11.9. The number of rotatable bonds is 6. The summed E-state index contributed by atoms with van der Waals surface area (Å²) in [6.45, 7) is 1.24. The minimum absolute atomic E-state index is 0. The molecule has 0 spiro atoms. The molecule has 0 aliphatic heterocycles. The lowest BCUT2D eigenvalue weighted by Gasteiger charge is -2.02. The highest BCUT2D eigenvalue weighted by Crippen LogP contribution is 2.30. The average Bonchev–Trinajstić information content (AvgIpc) is 2.96. The molecule has 0 unspecified atom stereocenters. The number of carbonyl (C=O) groups is 1. The molecule has 22 heavy (non-hydrogen) atoms. The highest BCUT2D eigenvalue weighted by molar-refractivity contribution is 7.13. The number of nitrogens with zero attached hydrogens (tertiary/aromatic N) is 1. The molecule has 0 saturated heterocycles. The van der Waals surface area contributed by atoms with Crippen molar-refractivity contribution >= 4 is 52.9 Å². The number of hydrogen-bond acceptors (Lipinski definition) is 4. The minimum atomic E-state index is -0.172. The van der Waals surface area contributed by atoms with E-state index in [9.17, 15) is 4.79 Å². The molecular formula is C14H16Cl3N3OS. The topological polar surface area (TPSA) is 68.0 Å². The molecule has 0 aliphatic rings. The largest absolute Gasteiger partial charge is 0.351 e. The Morgan fingerprint density at radius 2 is 2.05 bits per heavy atom. The minimum Gasteiger partial charge on any atom is -0.351 e. The van der Waals surface area contributed by atoms with Crippen LogP contribution in [-0.2, 0) is 0 Å². The van der Waals surface area contributed by atoms with Crippen LogP contribution in [0.5, 0.6) is 0 Å². The highest BCUT2D eigenvalue weighted by Gasteiger charge is 2.12. The number of nitrogens with two attached hydrogens (primary N) is 1. The summed E-state index contributed by atoms with van der Waals surface area (Å²) in [6.07, 6.45) is 1.76. The number of unbranched alkanes of at least 4 members (excludes halogenated alkanes) is 1. The van der Waals surface area contributed by atoms with Gasteiger partial charge in [-0.05, 0) is 31.5 Å². The molecule has 4 nitrogen and oxygen atoms in total. The SMILES string of the molecule is Cl.NCCCCNC(=O)c1csc(-c2ccc(Cl)c(Cl)c2)n1. The van der Waals surface area contributed by atoms with Crippen molar-refractivity contribution in [3.8, 4) is 10.6 Å². The van der Waals surface area contributed by atoms with Crippen LogP contribution in [-0.4, -0.2) is 24.0 Å². The third kappa shape index (κ3) is 5.11. The smallest absolute Gasteiger partial charge is 0.270 e. The van der Waals surface area contributed by atoms with Crippen LogP contribution < -0.4 is 11.1 Å². The van der Waals surface area contributed by atoms with Crippen LogP contribution in [0.3, 0.4) is 0 Å². The van der Waals surface area contributed by atoms with Gasteiger partial charge < -0.3 is 11.1 Å². The highest BCUT2D eigenvalue weighted by atomic mass is 35.5. The van der Waals surface area contributed by atoms with Gasteiger partial charge in [0.1, 0.15) is 10.7 Å². The number of hydrogen-bond donors (Lipinski definition) is 2. The first-order valence-corrected chi connectivity index (χ1v) is 8.14. The molecule has 1 heterocycles. The van der Waals surface area contributed by atoms with E-state index in [2.05, 4.69) is 10.3 Å². The Labute approximate surface area is 149 Å². The average molecular weight is 381 g/mol. The standard InChI is InChI=1S/C14H15Cl2N3OS.ClH/c15-10-4-3-9(7-11(10)16)14-19-12(8-21-14)13(20)18-6-2-1-5-17;/h3-4,7-8H,1-2,5-6,17H2,(H,18,20);1H. The van der Waals surface area contributed by atoms with Crippen molar-refractivity contribution in [1.29, 1.82) is 0 Å². The van der Waals surface area contributed by atoms with Crippen molar-refractivity contribution in [2.45, 2.75) is 12.8 Å². The Morgan fingerprint density at radius 3 is 2.73 bits per heavy atom. The fourth-order valence-electron chi connectivity index (χ4n) is 1.70. The Bertz CT molecular complexity index is 634. The van der Waals surface area contributed by atoms with E-state index in [1.165, 1.54) is 11.3 Å². The number of nitrogens with one attached hydrogen (secondary N) is 1. The summed E-state index contributed by atoms with van der Waals surface area (Å²) < 4.78 is 0. The van der Waals surface area contributed by atoms with Gasteiger partial charge in [0.05, 0.1) is 10.0 Å². The van der Waals surface area contributed by atoms with Gasteiger partial charge in [0.15, 0.2) is 0 Å². The summed E-state index contributed by atoms with van der Waals surface area (Å²) >= 11 is 13.3. The molecule has 1 amide bonds. The van der Waals surface area contributed by atoms with Crippen LogP contribution in [0.4, 0.5) is 0 Å². The number of amides is 1. The van der Waals surface area contributed by atoms with E-state index < -0.39 is 0 Å². The van der Waals surface area contributed by atoms with Gasteiger partial charge in [-0.1, -0.05) is 29.3 Å². The van der Waals surface area contributed by atoms with Crippen LogP contribution in [0.2, 0.25) is 10.0 Å². The summed E-state index contributed by atoms with van der Waals surface area (Å²) in [5.41, 5.74) is 6.66. The predicted molar refractivity (Wildman–Crippen MR) is 95.4 cm³/mol. The number of carbonyl (C=O) groups excluding carboxylic acids is 1. The Kier molecular flexibility index (Phi) is 8.14. The van der Waals surface area contributed by atoms with Crippen LogP contribution in [0.15, 0.2) is 23.6 Å². The zero-order valence-electron chi connectivity index (χ0n) is 11.6. The van der Waals surface area contributed by atoms with E-state index >= 15 is 0 Å². The molecule has 0 fully saturated rings. The van der Waals surface area contributed by atoms with Gasteiger partial charge in [0, 0.05) is 17.5 Å². The Balaban J connectivity index is 0.00000242. The van der Waals surface area contributed by atoms with Gasteiger partial charge in [-0.2, -0.15) is 0 Å². The second-order valence-electron chi connectivity index (χ2n) is 4.42. The first-order chi connectivity index (χ1) is 10.1. The lowest BCUT2D eigenvalue weighted by atomic mass is 10.2. The molecule has 3 N–H and O–H groups in total. The molecule has 0 atom stereocenters. The number of benzene rings is 1. The van der Waals surface area contributed by atoms with E-state index in [0.29, 0.717) is 28.8 Å². The molecular weight excluding hydrogens is 365 g/mol. The monoisotopic (exact) mass is 379 g/mol. The van der Waals surface area contributed by atoms with E-state index in [0.717, 1.165) is 23.4 Å². The van der Waals surface area contributed by atoms with E-state index in [1.54, 1.807) is 17.5 Å². The van der Waals surface area contributed by atoms with Crippen molar-refractivity contribution in [3.63, 3.8) is 0 Å². The van der Waals surface area contributed by atoms with Gasteiger partial charge in [-0.25, -0.2) is 4.98 Å². The second-order valence-corrected chi connectivity index (χ2v) is 6.09. The van der Waals surface area contributed by atoms with Gasteiger partial charge in [-0.15, -0.1) is 23.7 Å². The molecule has 2 aromatic rings. The maximum Gasteiger partial charge on any atom is 0.270 e. The van der Waals surface area contributed by atoms with Crippen molar-refractivity contribution < 1.29 is 4.79 Å². The van der Waals surface area contributed by atoms with E-state index in [1.807, 2.05) is 6.07 Å². The number of halogens is 3. The van der Waals surface area contributed by atoms with Crippen LogP contribution in [0.25, 0.3) is 10.6 Å². The van der Waals surface area contributed by atoms with Gasteiger partial charge in [0.25, 0.3) is 5.91 Å². The Morgan fingerprint density at radius 1 is 1.27 bits per heavy atom. The molecule has 2 rings (SSSR count). The van der Waals surface area contributed by atoms with Crippen LogP contribution >= 0.6 is 46.9 Å². The fourth-order valence-corrected chi connectivity index (χ4v) is 2.80. The first kappa shape index (κ1) is 19.2. The number of aromatic nitrogens is 1. The predicted octanol–water partition coefficient (Wildman–Crippen LogP) is 4.01. The summed E-state index contributed by atoms with van der Waals surface area (Å²) in [7, 11) is 0. The quantitative estimate of drug-likeness (QED) is 0.744. The first-order valence-electron chi connectivity index (χ1n) is 6.51. The van der Waals surface area contributed by atoms with Crippen molar-refractivity contribution in [2.24, 2.45) is 5.73 Å². The third-order valence-electron chi connectivity index (χ3n) is 2.82. The zero-order chi connectivity index (χ0) is 15.2. The molecule has 1 aromatic carbocycles. The van der Waals surface area contributed by atoms with Gasteiger partial charge in [0.2, 0.25) is 0 Å². The van der Waals surface area contributed by atoms with E-state index in [4.69, 9.17) is 28.9 Å². The summed E-state index contributed by atoms with van der Waals surface area (Å²) in [4.78, 5) is 16.3. The fraction of sp³-hybridized carbons (Fsp3) is 0.286. The lowest BCUT2D eigenvalue weighted by Crippen LogP contribution is -2.25. The third-order valence-corrected chi connectivity index (χ3v) is 4.45. The van der Waals surface area contributed by atoms with Gasteiger partial charge in [-0.3, -0.25) is 4.79 Å². The maximum absolute atomic E-state index is 11.9. The molecule has 0 aliphatic carbocycles. The normalized spacial score (nSPS) is 10.1. The molecule has 120 valence electrons. The number of thiazole rings is 1. The van der Waals surface area contributed by atoms with Crippen LogP contribution in [0, 0.1) is 0 Å². The van der Waals surface area contributed by atoms with Crippen molar-refractivity contribution in [1.82, 2.24) is 10.3 Å². The lowest BCUT2D eigenvalue weighted by molar-refractivity contribution is 0.0949. The zero-order valence-corrected chi connectivity index (χ0v) is 14.8. The second kappa shape index (κ2) is 9.33. The summed E-state index contributed by atoms with van der Waals surface area (Å²) in [6, 6.07) is 5.29. The van der Waals surface area contributed by atoms with E-state index in [-0.39, 0.29) is 18.3 Å².